The first-order valence-electron chi connectivity index (χ1n) is 4.28. The molecular formula is C10H13ClO2. The normalized spacial score (nSPS) is 12.5. The highest BCUT2D eigenvalue weighted by molar-refractivity contribution is 6.30. The van der Waals surface area contributed by atoms with Crippen LogP contribution in [0.1, 0.15) is 13.3 Å². The van der Waals surface area contributed by atoms with E-state index in [1.165, 1.54) is 0 Å². The third-order valence-electron chi connectivity index (χ3n) is 1.73. The molecule has 0 saturated heterocycles. The van der Waals surface area contributed by atoms with Crippen LogP contribution in [0, 0.1) is 0 Å². The van der Waals surface area contributed by atoms with Crippen molar-refractivity contribution in [3.05, 3.63) is 29.3 Å². The van der Waals surface area contributed by atoms with Gasteiger partial charge in [-0.05, 0) is 30.7 Å². The molecule has 0 aliphatic carbocycles. The zero-order chi connectivity index (χ0) is 9.68. The quantitative estimate of drug-likeness (QED) is 0.809. The minimum atomic E-state index is -0.393. The maximum Gasteiger partial charge on any atom is 0.119 e. The van der Waals surface area contributed by atoms with Crippen molar-refractivity contribution in [2.24, 2.45) is 0 Å². The van der Waals surface area contributed by atoms with Crippen LogP contribution in [-0.2, 0) is 0 Å². The number of rotatable bonds is 4. The van der Waals surface area contributed by atoms with Crippen molar-refractivity contribution in [1.29, 1.82) is 0 Å². The number of benzene rings is 1. The van der Waals surface area contributed by atoms with Gasteiger partial charge in [-0.15, -0.1) is 0 Å². The van der Waals surface area contributed by atoms with Crippen LogP contribution in [0.2, 0.25) is 5.02 Å². The summed E-state index contributed by atoms with van der Waals surface area (Å²) >= 11 is 5.70. The molecule has 1 unspecified atom stereocenters. The Morgan fingerprint density at radius 2 is 2.00 bits per heavy atom. The molecule has 2 nitrogen and oxygen atoms in total. The Morgan fingerprint density at radius 1 is 1.38 bits per heavy atom. The highest BCUT2D eigenvalue weighted by Crippen LogP contribution is 2.15. The summed E-state index contributed by atoms with van der Waals surface area (Å²) in [6.45, 7) is 2.24. The number of hydrogen-bond acceptors (Lipinski definition) is 2. The fourth-order valence-corrected chi connectivity index (χ4v) is 0.967. The van der Waals surface area contributed by atoms with Crippen LogP contribution in [0.15, 0.2) is 24.3 Å². The van der Waals surface area contributed by atoms with E-state index in [1.807, 2.05) is 6.92 Å². The van der Waals surface area contributed by atoms with Gasteiger partial charge in [0.15, 0.2) is 0 Å². The van der Waals surface area contributed by atoms with Gasteiger partial charge in [0.2, 0.25) is 0 Å². The van der Waals surface area contributed by atoms with Crippen molar-refractivity contribution in [3.8, 4) is 5.75 Å². The summed E-state index contributed by atoms with van der Waals surface area (Å²) in [5.74, 6) is 0.733. The lowest BCUT2D eigenvalue weighted by atomic mass is 10.3. The number of aliphatic hydroxyl groups is 1. The van der Waals surface area contributed by atoms with Crippen LogP contribution in [-0.4, -0.2) is 17.8 Å². The SMILES string of the molecule is CCC(O)COc1ccc(Cl)cc1. The minimum absolute atomic E-state index is 0.331. The van der Waals surface area contributed by atoms with Gasteiger partial charge >= 0.3 is 0 Å². The second kappa shape index (κ2) is 5.10. The van der Waals surface area contributed by atoms with E-state index >= 15 is 0 Å². The van der Waals surface area contributed by atoms with E-state index in [-0.39, 0.29) is 0 Å². The predicted octanol–water partition coefficient (Wildman–Crippen LogP) is 2.49. The Balaban J connectivity index is 2.41. The molecule has 72 valence electrons. The molecule has 0 fully saturated rings. The summed E-state index contributed by atoms with van der Waals surface area (Å²) in [4.78, 5) is 0. The van der Waals surface area contributed by atoms with E-state index in [4.69, 9.17) is 16.3 Å². The molecule has 1 N–H and O–H groups in total. The number of ether oxygens (including phenoxy) is 1. The van der Waals surface area contributed by atoms with Crippen molar-refractivity contribution in [3.63, 3.8) is 0 Å². The van der Waals surface area contributed by atoms with Crippen molar-refractivity contribution in [2.45, 2.75) is 19.4 Å². The summed E-state index contributed by atoms with van der Waals surface area (Å²) in [7, 11) is 0. The lowest BCUT2D eigenvalue weighted by molar-refractivity contribution is 0.104. The Kier molecular flexibility index (Phi) is 4.06. The van der Waals surface area contributed by atoms with Gasteiger partial charge < -0.3 is 9.84 Å². The smallest absolute Gasteiger partial charge is 0.119 e. The largest absolute Gasteiger partial charge is 0.491 e. The molecule has 1 rings (SSSR count). The molecule has 13 heavy (non-hydrogen) atoms. The maximum absolute atomic E-state index is 9.22. The molecule has 0 spiro atoms. The van der Waals surface area contributed by atoms with Crippen molar-refractivity contribution in [2.75, 3.05) is 6.61 Å². The van der Waals surface area contributed by atoms with Crippen LogP contribution in [0.4, 0.5) is 0 Å². The summed E-state index contributed by atoms with van der Waals surface area (Å²) in [5, 5.41) is 9.91. The van der Waals surface area contributed by atoms with Gasteiger partial charge in [-0.3, -0.25) is 0 Å². The topological polar surface area (TPSA) is 29.5 Å². The average Bonchev–Trinajstić information content (AvgIpc) is 2.16. The van der Waals surface area contributed by atoms with E-state index in [1.54, 1.807) is 24.3 Å². The third kappa shape index (κ3) is 3.66. The molecule has 1 atom stereocenters. The summed E-state index contributed by atoms with van der Waals surface area (Å²) < 4.78 is 5.31. The standard InChI is InChI=1S/C10H13ClO2/c1-2-9(12)7-13-10-5-3-8(11)4-6-10/h3-6,9,12H,2,7H2,1H3. The molecule has 0 bridgehead atoms. The van der Waals surface area contributed by atoms with E-state index in [0.717, 1.165) is 5.75 Å². The molecule has 3 heteroatoms. The second-order valence-corrected chi connectivity index (χ2v) is 3.26. The number of aliphatic hydroxyl groups excluding tert-OH is 1. The zero-order valence-corrected chi connectivity index (χ0v) is 8.29. The highest BCUT2D eigenvalue weighted by atomic mass is 35.5. The van der Waals surface area contributed by atoms with Crippen LogP contribution in [0.3, 0.4) is 0 Å². The summed E-state index contributed by atoms with van der Waals surface area (Å²) in [6, 6.07) is 7.08. The van der Waals surface area contributed by atoms with E-state index in [0.29, 0.717) is 18.1 Å². The molecule has 0 aliphatic heterocycles. The monoisotopic (exact) mass is 200 g/mol. The van der Waals surface area contributed by atoms with Gasteiger partial charge in [0.1, 0.15) is 12.4 Å². The van der Waals surface area contributed by atoms with Gasteiger partial charge in [0.05, 0.1) is 6.10 Å². The maximum atomic E-state index is 9.22. The molecule has 0 radical (unpaired) electrons. The Hall–Kier alpha value is -0.730. The van der Waals surface area contributed by atoms with Crippen molar-refractivity contribution < 1.29 is 9.84 Å². The fourth-order valence-electron chi connectivity index (χ4n) is 0.841. The molecule has 0 aliphatic rings. The lowest BCUT2D eigenvalue weighted by Crippen LogP contribution is -2.15. The minimum Gasteiger partial charge on any atom is -0.491 e. The number of halogens is 1. The van der Waals surface area contributed by atoms with Gasteiger partial charge in [-0.25, -0.2) is 0 Å². The summed E-state index contributed by atoms with van der Waals surface area (Å²) in [6.07, 6.45) is 0.309. The van der Waals surface area contributed by atoms with Crippen molar-refractivity contribution >= 4 is 11.6 Å². The van der Waals surface area contributed by atoms with E-state index in [9.17, 15) is 5.11 Å². The van der Waals surface area contributed by atoms with Crippen LogP contribution in [0.25, 0.3) is 0 Å². The molecule has 1 aromatic carbocycles. The van der Waals surface area contributed by atoms with Gasteiger partial charge in [0.25, 0.3) is 0 Å². The molecule has 0 saturated carbocycles. The molecule has 0 amide bonds. The summed E-state index contributed by atoms with van der Waals surface area (Å²) in [5.41, 5.74) is 0. The van der Waals surface area contributed by atoms with E-state index < -0.39 is 6.10 Å². The molecule has 0 aromatic heterocycles. The zero-order valence-electron chi connectivity index (χ0n) is 7.53. The van der Waals surface area contributed by atoms with Crippen molar-refractivity contribution in [1.82, 2.24) is 0 Å². The van der Waals surface area contributed by atoms with Gasteiger partial charge in [0, 0.05) is 5.02 Å². The van der Waals surface area contributed by atoms with Gasteiger partial charge in [-0.1, -0.05) is 18.5 Å². The Bertz CT molecular complexity index is 246. The van der Waals surface area contributed by atoms with Crippen LogP contribution < -0.4 is 4.74 Å². The first-order valence-corrected chi connectivity index (χ1v) is 4.66. The van der Waals surface area contributed by atoms with Gasteiger partial charge in [-0.2, -0.15) is 0 Å². The molecule has 0 heterocycles. The Morgan fingerprint density at radius 3 is 2.54 bits per heavy atom. The highest BCUT2D eigenvalue weighted by Gasteiger charge is 2.01. The molecule has 1 aromatic rings. The second-order valence-electron chi connectivity index (χ2n) is 2.83. The number of hydrogen-bond donors (Lipinski definition) is 1. The molecular weight excluding hydrogens is 188 g/mol. The fraction of sp³-hybridized carbons (Fsp3) is 0.400. The first kappa shape index (κ1) is 10.4. The van der Waals surface area contributed by atoms with E-state index in [2.05, 4.69) is 0 Å². The lowest BCUT2D eigenvalue weighted by Gasteiger charge is -2.09. The third-order valence-corrected chi connectivity index (χ3v) is 1.98. The first-order chi connectivity index (χ1) is 6.22. The van der Waals surface area contributed by atoms with Crippen LogP contribution in [0.5, 0.6) is 5.75 Å². The average molecular weight is 201 g/mol. The van der Waals surface area contributed by atoms with Crippen LogP contribution >= 0.6 is 11.6 Å². The predicted molar refractivity (Wildman–Crippen MR) is 53.2 cm³/mol. The Labute approximate surface area is 83.1 Å².